The highest BCUT2D eigenvalue weighted by Gasteiger charge is 2.49. The number of nitrogens with zero attached hydrogens (tertiary/aromatic N) is 4. The summed E-state index contributed by atoms with van der Waals surface area (Å²) in [5.41, 5.74) is 7.11. The monoisotopic (exact) mass is 358 g/mol. The minimum absolute atomic E-state index is 0.180. The van der Waals surface area contributed by atoms with Crippen LogP contribution in [0.3, 0.4) is 0 Å². The molecule has 3 rings (SSSR count). The SMILES string of the molecule is CON=C(c1ccc(N2C(=O)N3CCC[CH][C@@H]3C2C(N)=O)cc1)N(C)C. The number of anilines is 1. The molecular formula is C18H24N5O3. The number of carbonyl (C=O) groups is 2. The van der Waals surface area contributed by atoms with E-state index in [1.165, 1.54) is 12.0 Å². The molecule has 0 spiro atoms. The second-order valence-electron chi connectivity index (χ2n) is 6.60. The molecule has 139 valence electrons. The predicted octanol–water partition coefficient (Wildman–Crippen LogP) is 1.02. The summed E-state index contributed by atoms with van der Waals surface area (Å²) in [6, 6.07) is 6.17. The van der Waals surface area contributed by atoms with Gasteiger partial charge in [-0.15, -0.1) is 0 Å². The van der Waals surface area contributed by atoms with Gasteiger partial charge in [-0.25, -0.2) is 4.79 Å². The van der Waals surface area contributed by atoms with Gasteiger partial charge in [-0.3, -0.25) is 9.69 Å². The third-order valence-corrected chi connectivity index (χ3v) is 4.72. The molecule has 2 saturated heterocycles. The first-order valence-corrected chi connectivity index (χ1v) is 8.57. The van der Waals surface area contributed by atoms with Crippen molar-refractivity contribution in [3.8, 4) is 0 Å². The number of amides is 3. The summed E-state index contributed by atoms with van der Waals surface area (Å²) in [6.45, 7) is 0.642. The number of benzene rings is 1. The fourth-order valence-electron chi connectivity index (χ4n) is 3.58. The van der Waals surface area contributed by atoms with E-state index in [1.54, 1.807) is 17.0 Å². The Labute approximate surface area is 153 Å². The maximum absolute atomic E-state index is 12.9. The van der Waals surface area contributed by atoms with Crippen LogP contribution in [0.25, 0.3) is 0 Å². The number of hydrogen-bond acceptors (Lipinski definition) is 4. The summed E-state index contributed by atoms with van der Waals surface area (Å²) in [7, 11) is 5.23. The molecule has 0 aliphatic carbocycles. The highest BCUT2D eigenvalue weighted by Crippen LogP contribution is 2.34. The number of hydrogen-bond donors (Lipinski definition) is 1. The molecule has 1 aromatic carbocycles. The lowest BCUT2D eigenvalue weighted by Gasteiger charge is -2.29. The van der Waals surface area contributed by atoms with Crippen LogP contribution < -0.4 is 10.6 Å². The average molecular weight is 358 g/mol. The maximum Gasteiger partial charge on any atom is 0.325 e. The number of piperidine rings is 1. The molecule has 8 heteroatoms. The minimum Gasteiger partial charge on any atom is -0.397 e. The first-order valence-electron chi connectivity index (χ1n) is 8.57. The van der Waals surface area contributed by atoms with E-state index in [2.05, 4.69) is 5.16 Å². The van der Waals surface area contributed by atoms with Gasteiger partial charge in [0.15, 0.2) is 5.84 Å². The van der Waals surface area contributed by atoms with Crippen LogP contribution in [0.15, 0.2) is 29.4 Å². The highest BCUT2D eigenvalue weighted by molar-refractivity contribution is 6.04. The number of urea groups is 1. The van der Waals surface area contributed by atoms with Crippen LogP contribution >= 0.6 is 0 Å². The van der Waals surface area contributed by atoms with Crippen LogP contribution in [0.1, 0.15) is 18.4 Å². The third-order valence-electron chi connectivity index (χ3n) is 4.72. The molecule has 1 unspecified atom stereocenters. The van der Waals surface area contributed by atoms with E-state index in [0.717, 1.165) is 18.4 Å². The minimum atomic E-state index is -0.686. The van der Waals surface area contributed by atoms with E-state index >= 15 is 0 Å². The Morgan fingerprint density at radius 2 is 2.00 bits per heavy atom. The van der Waals surface area contributed by atoms with Crippen molar-refractivity contribution in [2.24, 2.45) is 10.9 Å². The molecule has 2 heterocycles. The van der Waals surface area contributed by atoms with Crippen molar-refractivity contribution in [3.05, 3.63) is 36.2 Å². The van der Waals surface area contributed by atoms with Crippen LogP contribution in [0, 0.1) is 6.42 Å². The van der Waals surface area contributed by atoms with Gasteiger partial charge in [0.1, 0.15) is 13.2 Å². The van der Waals surface area contributed by atoms with Gasteiger partial charge >= 0.3 is 6.03 Å². The van der Waals surface area contributed by atoms with Gasteiger partial charge in [0.25, 0.3) is 0 Å². The summed E-state index contributed by atoms with van der Waals surface area (Å²) < 4.78 is 0. The van der Waals surface area contributed by atoms with Crippen molar-refractivity contribution in [2.75, 3.05) is 32.6 Å². The first kappa shape index (κ1) is 18.0. The van der Waals surface area contributed by atoms with Crippen LogP contribution in [0.5, 0.6) is 0 Å². The largest absolute Gasteiger partial charge is 0.397 e. The lowest BCUT2D eigenvalue weighted by molar-refractivity contribution is -0.119. The van der Waals surface area contributed by atoms with Crippen molar-refractivity contribution < 1.29 is 14.4 Å². The van der Waals surface area contributed by atoms with Crippen LogP contribution in [0.4, 0.5) is 10.5 Å². The van der Waals surface area contributed by atoms with Gasteiger partial charge in [-0.2, -0.15) is 0 Å². The Balaban J connectivity index is 1.93. The van der Waals surface area contributed by atoms with E-state index in [0.29, 0.717) is 18.1 Å². The fourth-order valence-corrected chi connectivity index (χ4v) is 3.58. The number of nitrogens with two attached hydrogens (primary N) is 1. The fraction of sp³-hybridized carbons (Fsp3) is 0.444. The smallest absolute Gasteiger partial charge is 0.325 e. The summed E-state index contributed by atoms with van der Waals surface area (Å²) in [6.07, 6.45) is 3.80. The zero-order valence-corrected chi connectivity index (χ0v) is 15.3. The zero-order valence-electron chi connectivity index (χ0n) is 15.3. The van der Waals surface area contributed by atoms with Crippen LogP contribution in [-0.4, -0.2) is 67.4 Å². The molecule has 2 atom stereocenters. The number of amidine groups is 1. The molecule has 26 heavy (non-hydrogen) atoms. The Morgan fingerprint density at radius 1 is 1.31 bits per heavy atom. The normalized spacial score (nSPS) is 23.0. The maximum atomic E-state index is 12.9. The van der Waals surface area contributed by atoms with E-state index in [4.69, 9.17) is 10.6 Å². The Kier molecular flexibility index (Phi) is 5.01. The topological polar surface area (TPSA) is 91.5 Å². The predicted molar refractivity (Wildman–Crippen MR) is 98.6 cm³/mol. The van der Waals surface area contributed by atoms with Crippen molar-refractivity contribution in [1.29, 1.82) is 0 Å². The van der Waals surface area contributed by atoms with E-state index < -0.39 is 11.9 Å². The molecule has 2 fully saturated rings. The molecule has 2 aliphatic rings. The number of fused-ring (bicyclic) bond motifs is 1. The van der Waals surface area contributed by atoms with Gasteiger partial charge in [0, 0.05) is 31.9 Å². The van der Waals surface area contributed by atoms with Crippen LogP contribution in [-0.2, 0) is 9.63 Å². The third kappa shape index (κ3) is 3.07. The molecular weight excluding hydrogens is 334 g/mol. The molecule has 8 nitrogen and oxygen atoms in total. The van der Waals surface area contributed by atoms with Gasteiger partial charge in [-0.05, 0) is 43.5 Å². The lowest BCUT2D eigenvalue weighted by Crippen LogP contribution is -2.48. The number of rotatable bonds is 4. The molecule has 2 N–H and O–H groups in total. The van der Waals surface area contributed by atoms with E-state index in [1.807, 2.05) is 37.5 Å². The molecule has 0 aromatic heterocycles. The van der Waals surface area contributed by atoms with Gasteiger partial charge in [0.2, 0.25) is 5.91 Å². The molecule has 1 radical (unpaired) electrons. The molecule has 3 amide bonds. The number of primary amides is 1. The van der Waals surface area contributed by atoms with Crippen molar-refractivity contribution >= 4 is 23.5 Å². The summed E-state index contributed by atoms with van der Waals surface area (Å²) in [4.78, 5) is 34.9. The quantitative estimate of drug-likeness (QED) is 0.494. The van der Waals surface area contributed by atoms with Crippen molar-refractivity contribution in [2.45, 2.75) is 24.9 Å². The lowest BCUT2D eigenvalue weighted by atomic mass is 9.97. The highest BCUT2D eigenvalue weighted by atomic mass is 16.6. The number of carbonyl (C=O) groups excluding carboxylic acids is 2. The second kappa shape index (κ2) is 7.23. The summed E-state index contributed by atoms with van der Waals surface area (Å²) in [5, 5.41) is 4.01. The van der Waals surface area contributed by atoms with Crippen molar-refractivity contribution in [1.82, 2.24) is 9.80 Å². The van der Waals surface area contributed by atoms with Crippen molar-refractivity contribution in [3.63, 3.8) is 0 Å². The Hall–Kier alpha value is -2.77. The second-order valence-corrected chi connectivity index (χ2v) is 6.60. The molecule has 1 aromatic rings. The van der Waals surface area contributed by atoms with Crippen LogP contribution in [0.2, 0.25) is 0 Å². The molecule has 0 saturated carbocycles. The summed E-state index contributed by atoms with van der Waals surface area (Å²) in [5.74, 6) is 0.159. The average Bonchev–Trinajstić information content (AvgIpc) is 2.93. The Bertz CT molecular complexity index is 716. The van der Waals surface area contributed by atoms with Gasteiger partial charge in [-0.1, -0.05) is 5.16 Å². The Morgan fingerprint density at radius 3 is 2.58 bits per heavy atom. The van der Waals surface area contributed by atoms with E-state index in [9.17, 15) is 9.59 Å². The molecule has 0 bridgehead atoms. The first-order chi connectivity index (χ1) is 12.5. The molecule has 2 aliphatic heterocycles. The number of oxime groups is 1. The summed E-state index contributed by atoms with van der Waals surface area (Å²) >= 11 is 0. The van der Waals surface area contributed by atoms with Gasteiger partial charge < -0.3 is 20.4 Å². The van der Waals surface area contributed by atoms with E-state index in [-0.39, 0.29) is 12.1 Å². The van der Waals surface area contributed by atoms with Gasteiger partial charge in [0.05, 0.1) is 6.04 Å². The zero-order chi connectivity index (χ0) is 18.8. The standard InChI is InChI=1S/C18H24N5O3/c1-21(2)17(20-26-3)12-7-9-13(10-8-12)23-15(16(19)24)14-6-4-5-11-22(14)18(23)25/h6-10,14-15H,4-5,11H2,1-3H3,(H2,19,24)/t14-,15?/m1/s1.